The van der Waals surface area contributed by atoms with Crippen LogP contribution < -0.4 is 5.32 Å². The van der Waals surface area contributed by atoms with Gasteiger partial charge >= 0.3 is 0 Å². The molecule has 1 aromatic carbocycles. The standard InChI is InChI=1S/C17H16N6O/c1-24-22-11-5-8-16-19-12-15(23(16)22)14-9-10-18-17(21-14)20-13-6-3-2-4-7-13/h2-12,15H,1H3,(H,18,20,21). The van der Waals surface area contributed by atoms with Gasteiger partial charge in [-0.2, -0.15) is 5.17 Å². The van der Waals surface area contributed by atoms with Crippen molar-refractivity contribution in [2.45, 2.75) is 6.04 Å². The molecule has 0 aliphatic carbocycles. The summed E-state index contributed by atoms with van der Waals surface area (Å²) in [6.45, 7) is 0. The number of aliphatic imine (C=N–C) groups is 1. The molecule has 0 bridgehead atoms. The molecule has 4 rings (SSSR count). The summed E-state index contributed by atoms with van der Waals surface area (Å²) >= 11 is 0. The third kappa shape index (κ3) is 2.61. The molecule has 0 saturated carbocycles. The monoisotopic (exact) mass is 320 g/mol. The molecule has 0 fully saturated rings. The zero-order valence-corrected chi connectivity index (χ0v) is 13.1. The molecule has 2 aliphatic heterocycles. The highest BCUT2D eigenvalue weighted by atomic mass is 16.7. The van der Waals surface area contributed by atoms with Gasteiger partial charge in [0.05, 0.1) is 19.0 Å². The van der Waals surface area contributed by atoms with Gasteiger partial charge in [-0.15, -0.1) is 0 Å². The first kappa shape index (κ1) is 14.4. The number of benzene rings is 1. The number of hydrogen-bond acceptors (Lipinski definition) is 7. The summed E-state index contributed by atoms with van der Waals surface area (Å²) in [5.41, 5.74) is 1.77. The zero-order chi connectivity index (χ0) is 16.4. The number of aromatic nitrogens is 2. The Bertz CT molecular complexity index is 817. The molecular formula is C17H16N6O. The van der Waals surface area contributed by atoms with Gasteiger partial charge in [-0.3, -0.25) is 4.84 Å². The van der Waals surface area contributed by atoms with E-state index in [-0.39, 0.29) is 6.04 Å². The van der Waals surface area contributed by atoms with Gasteiger partial charge < -0.3 is 5.32 Å². The topological polar surface area (TPSA) is 65.9 Å². The Morgan fingerprint density at radius 1 is 1.17 bits per heavy atom. The molecule has 120 valence electrons. The van der Waals surface area contributed by atoms with Crippen molar-refractivity contribution in [3.8, 4) is 0 Å². The molecule has 24 heavy (non-hydrogen) atoms. The van der Waals surface area contributed by atoms with E-state index in [1.165, 1.54) is 0 Å². The second kappa shape index (κ2) is 6.13. The van der Waals surface area contributed by atoms with Crippen molar-refractivity contribution < 1.29 is 4.84 Å². The summed E-state index contributed by atoms with van der Waals surface area (Å²) in [4.78, 5) is 18.7. The number of nitrogens with zero attached hydrogens (tertiary/aromatic N) is 5. The number of fused-ring (bicyclic) bond motifs is 1. The van der Waals surface area contributed by atoms with Gasteiger partial charge in [0.15, 0.2) is 0 Å². The Kier molecular flexibility index (Phi) is 3.68. The largest absolute Gasteiger partial charge is 0.324 e. The summed E-state index contributed by atoms with van der Waals surface area (Å²) < 4.78 is 0. The number of allylic oxidation sites excluding steroid dienone is 2. The molecule has 7 heteroatoms. The third-order valence-electron chi connectivity index (χ3n) is 3.71. The number of anilines is 2. The maximum absolute atomic E-state index is 5.38. The molecule has 1 aromatic heterocycles. The average molecular weight is 320 g/mol. The Labute approximate surface area is 139 Å². The van der Waals surface area contributed by atoms with Crippen molar-refractivity contribution in [3.05, 3.63) is 72.5 Å². The maximum Gasteiger partial charge on any atom is 0.227 e. The van der Waals surface area contributed by atoms with E-state index in [4.69, 9.17) is 4.84 Å². The fourth-order valence-electron chi connectivity index (χ4n) is 2.63. The van der Waals surface area contributed by atoms with Crippen LogP contribution in [0.5, 0.6) is 0 Å². The Morgan fingerprint density at radius 2 is 2.04 bits per heavy atom. The molecule has 7 nitrogen and oxygen atoms in total. The molecule has 1 N–H and O–H groups in total. The van der Waals surface area contributed by atoms with E-state index in [2.05, 4.69) is 20.3 Å². The first-order valence-corrected chi connectivity index (χ1v) is 7.55. The molecule has 2 aliphatic rings. The highest BCUT2D eigenvalue weighted by Gasteiger charge is 2.32. The van der Waals surface area contributed by atoms with E-state index in [9.17, 15) is 0 Å². The van der Waals surface area contributed by atoms with Crippen molar-refractivity contribution in [3.63, 3.8) is 0 Å². The van der Waals surface area contributed by atoms with E-state index in [0.29, 0.717) is 5.95 Å². The predicted molar refractivity (Wildman–Crippen MR) is 90.9 cm³/mol. The summed E-state index contributed by atoms with van der Waals surface area (Å²) in [6, 6.07) is 11.6. The lowest BCUT2D eigenvalue weighted by Crippen LogP contribution is -2.39. The lowest BCUT2D eigenvalue weighted by molar-refractivity contribution is -0.223. The molecule has 3 heterocycles. The Morgan fingerprint density at radius 3 is 2.88 bits per heavy atom. The van der Waals surface area contributed by atoms with Gasteiger partial charge in [0, 0.05) is 18.1 Å². The van der Waals surface area contributed by atoms with Gasteiger partial charge in [-0.1, -0.05) is 18.2 Å². The molecule has 0 radical (unpaired) electrons. The van der Waals surface area contributed by atoms with Crippen LogP contribution in [0, 0.1) is 0 Å². The number of hydrogen-bond donors (Lipinski definition) is 1. The molecule has 0 saturated heterocycles. The summed E-state index contributed by atoms with van der Waals surface area (Å²) in [7, 11) is 1.62. The van der Waals surface area contributed by atoms with Crippen molar-refractivity contribution in [2.24, 2.45) is 4.99 Å². The van der Waals surface area contributed by atoms with Crippen molar-refractivity contribution in [1.29, 1.82) is 0 Å². The quantitative estimate of drug-likeness (QED) is 0.934. The van der Waals surface area contributed by atoms with Crippen LogP contribution in [0.4, 0.5) is 11.6 Å². The minimum absolute atomic E-state index is 0.152. The fraction of sp³-hybridized carbons (Fsp3) is 0.118. The van der Waals surface area contributed by atoms with E-state index in [0.717, 1.165) is 17.2 Å². The normalized spacial score (nSPS) is 18.5. The van der Waals surface area contributed by atoms with E-state index < -0.39 is 0 Å². The Hall–Kier alpha value is -3.19. The van der Waals surface area contributed by atoms with Crippen LogP contribution >= 0.6 is 0 Å². The first-order chi connectivity index (χ1) is 11.8. The highest BCUT2D eigenvalue weighted by molar-refractivity contribution is 5.71. The molecular weight excluding hydrogens is 304 g/mol. The summed E-state index contributed by atoms with van der Waals surface area (Å²) in [5, 5.41) is 6.77. The highest BCUT2D eigenvalue weighted by Crippen LogP contribution is 2.32. The van der Waals surface area contributed by atoms with Crippen LogP contribution in [-0.2, 0) is 4.84 Å². The molecule has 0 spiro atoms. The van der Waals surface area contributed by atoms with Crippen LogP contribution in [0.2, 0.25) is 0 Å². The van der Waals surface area contributed by atoms with Gasteiger partial charge in [0.25, 0.3) is 0 Å². The maximum atomic E-state index is 5.38. The lowest BCUT2D eigenvalue weighted by atomic mass is 10.2. The number of hydrazine groups is 1. The minimum atomic E-state index is -0.152. The lowest BCUT2D eigenvalue weighted by Gasteiger charge is -2.35. The summed E-state index contributed by atoms with van der Waals surface area (Å²) in [6.07, 6.45) is 9.23. The van der Waals surface area contributed by atoms with Crippen LogP contribution in [0.1, 0.15) is 11.7 Å². The van der Waals surface area contributed by atoms with Crippen LogP contribution in [0.3, 0.4) is 0 Å². The fourth-order valence-corrected chi connectivity index (χ4v) is 2.63. The molecule has 2 aromatic rings. The molecule has 1 atom stereocenters. The SMILES string of the molecule is CON1C=CC=C2N=CC(c3ccnc(Nc4ccccc4)n3)N21. The molecule has 0 amide bonds. The van der Waals surface area contributed by atoms with Crippen LogP contribution in [-0.4, -0.2) is 33.5 Å². The van der Waals surface area contributed by atoms with Gasteiger partial charge in [-0.05, 0) is 30.4 Å². The van der Waals surface area contributed by atoms with Crippen LogP contribution in [0.15, 0.2) is 71.8 Å². The number of rotatable bonds is 4. The minimum Gasteiger partial charge on any atom is -0.324 e. The zero-order valence-electron chi connectivity index (χ0n) is 13.1. The number of para-hydroxylation sites is 1. The number of hydroxylamine groups is 1. The van der Waals surface area contributed by atoms with Crippen LogP contribution in [0.25, 0.3) is 0 Å². The van der Waals surface area contributed by atoms with Gasteiger partial charge in [0.2, 0.25) is 5.95 Å². The number of nitrogens with one attached hydrogen (secondary N) is 1. The van der Waals surface area contributed by atoms with E-state index in [1.54, 1.807) is 18.5 Å². The second-order valence-electron chi connectivity index (χ2n) is 5.22. The average Bonchev–Trinajstić information content (AvgIpc) is 3.07. The van der Waals surface area contributed by atoms with Crippen molar-refractivity contribution >= 4 is 17.9 Å². The van der Waals surface area contributed by atoms with Gasteiger partial charge in [-0.25, -0.2) is 20.0 Å². The first-order valence-electron chi connectivity index (χ1n) is 7.55. The van der Waals surface area contributed by atoms with E-state index >= 15 is 0 Å². The predicted octanol–water partition coefficient (Wildman–Crippen LogP) is 2.79. The second-order valence-corrected chi connectivity index (χ2v) is 5.22. The van der Waals surface area contributed by atoms with Gasteiger partial charge in [0.1, 0.15) is 11.9 Å². The van der Waals surface area contributed by atoms with Crippen molar-refractivity contribution in [2.75, 3.05) is 12.4 Å². The smallest absolute Gasteiger partial charge is 0.227 e. The van der Waals surface area contributed by atoms with E-state index in [1.807, 2.05) is 66.0 Å². The van der Waals surface area contributed by atoms with Crippen molar-refractivity contribution in [1.82, 2.24) is 20.1 Å². The molecule has 1 unspecified atom stereocenters. The third-order valence-corrected chi connectivity index (χ3v) is 3.71. The Balaban J connectivity index is 1.61. The summed E-state index contributed by atoms with van der Waals surface area (Å²) in [5.74, 6) is 1.35.